The molecule has 1 aliphatic heterocycles. The van der Waals surface area contributed by atoms with Crippen LogP contribution in [0.3, 0.4) is 0 Å². The predicted molar refractivity (Wildman–Crippen MR) is 110 cm³/mol. The maximum atomic E-state index is 11.9. The van der Waals surface area contributed by atoms with Gasteiger partial charge in [0, 0.05) is 13.1 Å². The van der Waals surface area contributed by atoms with Crippen LogP contribution in [0.25, 0.3) is 0 Å². The number of aliphatic imine (C=N–C) groups is 1. The highest BCUT2D eigenvalue weighted by molar-refractivity contribution is 5.95. The fourth-order valence-corrected chi connectivity index (χ4v) is 3.63. The van der Waals surface area contributed by atoms with E-state index in [0.29, 0.717) is 5.84 Å². The molecule has 0 amide bonds. The molecule has 4 rings (SSSR count). The molecule has 1 heterocycles. The normalized spacial score (nSPS) is 16.1. The van der Waals surface area contributed by atoms with E-state index in [1.54, 1.807) is 0 Å². The first-order chi connectivity index (χ1) is 13.3. The van der Waals surface area contributed by atoms with E-state index in [-0.39, 0.29) is 0 Å². The molecule has 27 heavy (non-hydrogen) atoms. The van der Waals surface area contributed by atoms with Gasteiger partial charge >= 0.3 is 0 Å². The molecule has 1 unspecified atom stereocenters. The summed E-state index contributed by atoms with van der Waals surface area (Å²) < 4.78 is 0. The van der Waals surface area contributed by atoms with Crippen LogP contribution in [0.4, 0.5) is 0 Å². The Kier molecular flexibility index (Phi) is 5.03. The van der Waals surface area contributed by atoms with Crippen LogP contribution in [0, 0.1) is 0 Å². The van der Waals surface area contributed by atoms with Gasteiger partial charge in [-0.1, -0.05) is 84.9 Å². The fraction of sp³-hybridized carbons (Fsp3) is 0.208. The van der Waals surface area contributed by atoms with Crippen molar-refractivity contribution in [3.8, 4) is 0 Å². The highest BCUT2D eigenvalue weighted by atomic mass is 16.3. The van der Waals surface area contributed by atoms with Gasteiger partial charge in [-0.15, -0.1) is 0 Å². The van der Waals surface area contributed by atoms with Crippen LogP contribution in [-0.4, -0.2) is 24.0 Å². The molecule has 3 aromatic rings. The van der Waals surface area contributed by atoms with E-state index in [0.717, 1.165) is 37.1 Å². The molecule has 1 atom stereocenters. The molecular weight excluding hydrogens is 332 g/mol. The van der Waals surface area contributed by atoms with Crippen molar-refractivity contribution in [3.05, 3.63) is 107 Å². The van der Waals surface area contributed by atoms with Gasteiger partial charge in [-0.3, -0.25) is 4.99 Å². The van der Waals surface area contributed by atoms with E-state index in [4.69, 9.17) is 0 Å². The Morgan fingerprint density at radius 3 is 2.19 bits per heavy atom. The van der Waals surface area contributed by atoms with Gasteiger partial charge in [0.25, 0.3) is 0 Å². The summed E-state index contributed by atoms with van der Waals surface area (Å²) >= 11 is 0. The summed E-state index contributed by atoms with van der Waals surface area (Å²) in [5, 5.41) is 15.2. The van der Waals surface area contributed by atoms with Gasteiger partial charge < -0.3 is 10.4 Å². The summed E-state index contributed by atoms with van der Waals surface area (Å²) in [6.45, 7) is 1.57. The zero-order chi connectivity index (χ0) is 18.5. The van der Waals surface area contributed by atoms with E-state index in [1.165, 1.54) is 11.1 Å². The average Bonchev–Trinajstić information content (AvgIpc) is 2.75. The Bertz CT molecular complexity index is 921. The number of hydrogen-bond acceptors (Lipinski definition) is 3. The average molecular weight is 356 g/mol. The Morgan fingerprint density at radius 2 is 1.48 bits per heavy atom. The molecule has 2 N–H and O–H groups in total. The van der Waals surface area contributed by atoms with Crippen LogP contribution in [0.5, 0.6) is 0 Å². The van der Waals surface area contributed by atoms with Crippen molar-refractivity contribution < 1.29 is 5.11 Å². The minimum atomic E-state index is -1.27. The molecular formula is C24H24N2O. The Labute approximate surface area is 160 Å². The lowest BCUT2D eigenvalue weighted by atomic mass is 9.83. The smallest absolute Gasteiger partial charge is 0.172 e. The molecule has 0 aliphatic carbocycles. The second-order valence-corrected chi connectivity index (χ2v) is 6.95. The second kappa shape index (κ2) is 7.77. The van der Waals surface area contributed by atoms with Crippen molar-refractivity contribution in [1.29, 1.82) is 0 Å². The summed E-state index contributed by atoms with van der Waals surface area (Å²) in [5.74, 6) is 0.636. The van der Waals surface area contributed by atoms with Gasteiger partial charge in [0.15, 0.2) is 5.60 Å². The molecule has 0 aromatic heterocycles. The molecule has 0 saturated carbocycles. The summed E-state index contributed by atoms with van der Waals surface area (Å²) in [5.41, 5.74) is 2.83. The van der Waals surface area contributed by atoms with Crippen molar-refractivity contribution in [3.63, 3.8) is 0 Å². The van der Waals surface area contributed by atoms with Crippen molar-refractivity contribution in [2.24, 2.45) is 4.99 Å². The Balaban J connectivity index is 1.77. The Morgan fingerprint density at radius 1 is 0.815 bits per heavy atom. The maximum Gasteiger partial charge on any atom is 0.172 e. The standard InChI is InChI=1S/C24H24N2O/c27-24(21-12-5-2-6-13-21,23-25-15-8-16-26-23)22-14-7-11-20(18-22)17-19-9-3-1-4-10-19/h1-7,9-14,18,27H,8,15-17H2,(H,25,26). The zero-order valence-electron chi connectivity index (χ0n) is 15.3. The first-order valence-electron chi connectivity index (χ1n) is 9.47. The van der Waals surface area contributed by atoms with E-state index in [2.05, 4.69) is 46.7 Å². The first kappa shape index (κ1) is 17.5. The molecule has 3 heteroatoms. The number of benzene rings is 3. The Hall–Kier alpha value is -2.91. The number of nitrogens with one attached hydrogen (secondary N) is 1. The fourth-order valence-electron chi connectivity index (χ4n) is 3.63. The van der Waals surface area contributed by atoms with Gasteiger partial charge in [-0.25, -0.2) is 0 Å². The van der Waals surface area contributed by atoms with Crippen LogP contribution >= 0.6 is 0 Å². The van der Waals surface area contributed by atoms with Crippen molar-refractivity contribution in [1.82, 2.24) is 5.32 Å². The molecule has 3 aromatic carbocycles. The summed E-state index contributed by atoms with van der Waals surface area (Å²) in [6, 6.07) is 28.4. The van der Waals surface area contributed by atoms with Crippen LogP contribution in [0.1, 0.15) is 28.7 Å². The lowest BCUT2D eigenvalue weighted by molar-refractivity contribution is 0.150. The quantitative estimate of drug-likeness (QED) is 0.728. The molecule has 1 aliphatic rings. The SMILES string of the molecule is OC(C1=NCCCN1)(c1ccccc1)c1cccc(Cc2ccccc2)c1. The van der Waals surface area contributed by atoms with Gasteiger partial charge in [-0.05, 0) is 35.1 Å². The molecule has 0 bridgehead atoms. The number of hydrogen-bond donors (Lipinski definition) is 2. The molecule has 136 valence electrons. The summed E-state index contributed by atoms with van der Waals surface area (Å²) in [6.07, 6.45) is 1.82. The largest absolute Gasteiger partial charge is 0.373 e. The molecule has 0 spiro atoms. The minimum Gasteiger partial charge on any atom is -0.373 e. The van der Waals surface area contributed by atoms with Crippen molar-refractivity contribution >= 4 is 5.84 Å². The van der Waals surface area contributed by atoms with Gasteiger partial charge in [-0.2, -0.15) is 0 Å². The van der Waals surface area contributed by atoms with Gasteiger partial charge in [0.2, 0.25) is 0 Å². The predicted octanol–water partition coefficient (Wildman–Crippen LogP) is 3.91. The lowest BCUT2D eigenvalue weighted by Gasteiger charge is -2.33. The van der Waals surface area contributed by atoms with Crippen LogP contribution < -0.4 is 5.32 Å². The molecule has 0 fully saturated rings. The van der Waals surface area contributed by atoms with Gasteiger partial charge in [0.1, 0.15) is 5.84 Å². The van der Waals surface area contributed by atoms with Crippen LogP contribution in [0.2, 0.25) is 0 Å². The number of aliphatic hydroxyl groups is 1. The topological polar surface area (TPSA) is 44.6 Å². The zero-order valence-corrected chi connectivity index (χ0v) is 15.3. The monoisotopic (exact) mass is 356 g/mol. The third-order valence-corrected chi connectivity index (χ3v) is 5.03. The number of amidine groups is 1. The van der Waals surface area contributed by atoms with Crippen LogP contribution in [-0.2, 0) is 12.0 Å². The summed E-state index contributed by atoms with van der Waals surface area (Å²) in [7, 11) is 0. The van der Waals surface area contributed by atoms with E-state index < -0.39 is 5.60 Å². The van der Waals surface area contributed by atoms with E-state index >= 15 is 0 Å². The minimum absolute atomic E-state index is 0.636. The van der Waals surface area contributed by atoms with Crippen molar-refractivity contribution in [2.75, 3.05) is 13.1 Å². The second-order valence-electron chi connectivity index (χ2n) is 6.95. The number of nitrogens with zero attached hydrogens (tertiary/aromatic N) is 1. The van der Waals surface area contributed by atoms with Crippen LogP contribution in [0.15, 0.2) is 89.9 Å². The molecule has 3 nitrogen and oxygen atoms in total. The van der Waals surface area contributed by atoms with E-state index in [1.807, 2.05) is 48.5 Å². The third-order valence-electron chi connectivity index (χ3n) is 5.03. The van der Waals surface area contributed by atoms with Crippen molar-refractivity contribution in [2.45, 2.75) is 18.4 Å². The highest BCUT2D eigenvalue weighted by Gasteiger charge is 2.38. The van der Waals surface area contributed by atoms with Gasteiger partial charge in [0.05, 0.1) is 0 Å². The highest BCUT2D eigenvalue weighted by Crippen LogP contribution is 2.32. The molecule has 0 radical (unpaired) electrons. The third kappa shape index (κ3) is 3.64. The summed E-state index contributed by atoms with van der Waals surface area (Å²) in [4.78, 5) is 4.62. The lowest BCUT2D eigenvalue weighted by Crippen LogP contribution is -2.47. The first-order valence-corrected chi connectivity index (χ1v) is 9.47. The number of rotatable bonds is 5. The van der Waals surface area contributed by atoms with E-state index in [9.17, 15) is 5.11 Å². The maximum absolute atomic E-state index is 11.9. The molecule has 0 saturated heterocycles.